The molecule has 6 aromatic rings. The molecule has 15 rings (SSSR count). The second kappa shape index (κ2) is 18.2. The zero-order chi connectivity index (χ0) is 49.5. The van der Waals surface area contributed by atoms with Gasteiger partial charge in [-0.1, -0.05) is 60.7 Å². The highest BCUT2D eigenvalue weighted by atomic mass is 19.1. The molecular weight excluding hydrogens is 957 g/mol. The summed E-state index contributed by atoms with van der Waals surface area (Å²) in [5.41, 5.74) is 14.5. The van der Waals surface area contributed by atoms with Crippen molar-refractivity contribution in [2.24, 2.45) is 45.6 Å². The minimum absolute atomic E-state index is 0.255. The van der Waals surface area contributed by atoms with E-state index in [1.807, 2.05) is 46.2 Å². The number of halogens is 2. The molecule has 0 amide bonds. The Kier molecular flexibility index (Phi) is 10.6. The zero-order valence-electron chi connectivity index (χ0n) is 38.3. The lowest BCUT2D eigenvalue weighted by Crippen LogP contribution is -2.35. The van der Waals surface area contributed by atoms with Crippen LogP contribution < -0.4 is 31.6 Å². The monoisotopic (exact) mass is 993 g/mol. The van der Waals surface area contributed by atoms with Crippen molar-refractivity contribution in [2.45, 2.75) is 19.6 Å². The Balaban J connectivity index is 0.000000107. The summed E-state index contributed by atoms with van der Waals surface area (Å²) in [5.74, 6) is 5.24. The van der Waals surface area contributed by atoms with Crippen LogP contribution in [0.2, 0.25) is 0 Å². The molecule has 0 saturated heterocycles. The zero-order valence-corrected chi connectivity index (χ0v) is 38.3. The van der Waals surface area contributed by atoms with E-state index in [9.17, 15) is 8.78 Å². The number of nitrogens with one attached hydrogen (secondary N) is 3. The third-order valence-corrected chi connectivity index (χ3v) is 11.8. The minimum Gasteiger partial charge on any atom is -0.446 e. The molecule has 0 atom stereocenters. The second-order valence-electron chi connectivity index (χ2n) is 16.5. The first-order valence-electron chi connectivity index (χ1n) is 22.7. The second-order valence-corrected chi connectivity index (χ2v) is 16.5. The van der Waals surface area contributed by atoms with Crippen molar-refractivity contribution >= 4 is 73.2 Å². The minimum atomic E-state index is -0.256. The van der Waals surface area contributed by atoms with Gasteiger partial charge < -0.3 is 28.0 Å². The van der Waals surface area contributed by atoms with Crippen LogP contribution in [0.5, 0.6) is 0 Å². The van der Waals surface area contributed by atoms with Crippen LogP contribution in [-0.4, -0.2) is 85.3 Å². The third-order valence-electron chi connectivity index (χ3n) is 11.8. The van der Waals surface area contributed by atoms with Gasteiger partial charge in [0, 0.05) is 23.8 Å². The molecule has 0 saturated carbocycles. The van der Waals surface area contributed by atoms with Crippen molar-refractivity contribution in [1.82, 2.24) is 46.0 Å². The Labute approximate surface area is 417 Å². The van der Waals surface area contributed by atoms with Crippen LogP contribution in [0.3, 0.4) is 0 Å². The Hall–Kier alpha value is -10.8. The van der Waals surface area contributed by atoms with E-state index < -0.39 is 0 Å². The smallest absolute Gasteiger partial charge is 0.235 e. The van der Waals surface area contributed by atoms with Gasteiger partial charge in [0.05, 0.1) is 38.4 Å². The normalized spacial score (nSPS) is 17.9. The SMILES string of the molecule is C1=NC2=NN(c3ccco3)NC2=C2N(Cc3ccccc3)C=NN12.Fc1ccc(CN2C=NN3C=NC4=NN(c5ccco5)NC4=C23)cc1.Fc1ccccc1CN1C=NN2C=NC3=NN(c4ccco4)NC3=C12. The van der Waals surface area contributed by atoms with Crippen LogP contribution in [0, 0.1) is 11.6 Å². The van der Waals surface area contributed by atoms with Crippen LogP contribution in [0.15, 0.2) is 227 Å². The van der Waals surface area contributed by atoms with Gasteiger partial charge in [0.15, 0.2) is 17.5 Å². The van der Waals surface area contributed by atoms with Gasteiger partial charge in [0.2, 0.25) is 35.2 Å². The van der Waals surface area contributed by atoms with Crippen molar-refractivity contribution < 1.29 is 22.0 Å². The van der Waals surface area contributed by atoms with Crippen LogP contribution in [-0.2, 0) is 19.6 Å². The van der Waals surface area contributed by atoms with E-state index >= 15 is 0 Å². The lowest BCUT2D eigenvalue weighted by atomic mass is 10.2. The molecule has 366 valence electrons. The quantitative estimate of drug-likeness (QED) is 0.153. The predicted molar refractivity (Wildman–Crippen MR) is 269 cm³/mol. The number of hydrazine groups is 3. The Morgan fingerprint density at radius 1 is 0.405 bits per heavy atom. The maximum Gasteiger partial charge on any atom is 0.235 e. The number of aliphatic imine (C=N–C) groups is 3. The number of rotatable bonds is 9. The molecule has 26 heteroatoms. The molecule has 24 nitrogen and oxygen atoms in total. The maximum atomic E-state index is 14.0. The summed E-state index contributed by atoms with van der Waals surface area (Å²) >= 11 is 0. The summed E-state index contributed by atoms with van der Waals surface area (Å²) in [4.78, 5) is 18.8. The molecule has 3 aromatic heterocycles. The van der Waals surface area contributed by atoms with E-state index in [4.69, 9.17) is 13.3 Å². The molecule has 0 unspecified atom stereocenters. The average molecular weight is 994 g/mol. The van der Waals surface area contributed by atoms with Crippen molar-refractivity contribution in [3.05, 3.63) is 197 Å². The average Bonchev–Trinajstić information content (AvgIpc) is 4.27. The molecule has 0 radical (unpaired) electrons. The van der Waals surface area contributed by atoms with Crippen molar-refractivity contribution in [3.8, 4) is 0 Å². The van der Waals surface area contributed by atoms with E-state index in [-0.39, 0.29) is 11.6 Å². The molecule has 0 fully saturated rings. The highest BCUT2D eigenvalue weighted by Crippen LogP contribution is 2.32. The fourth-order valence-electron chi connectivity index (χ4n) is 8.34. The van der Waals surface area contributed by atoms with Crippen molar-refractivity contribution in [2.75, 3.05) is 15.4 Å². The van der Waals surface area contributed by atoms with Crippen LogP contribution in [0.25, 0.3) is 0 Å². The van der Waals surface area contributed by atoms with Crippen molar-refractivity contribution in [1.29, 1.82) is 0 Å². The first kappa shape index (κ1) is 43.2. The van der Waals surface area contributed by atoms with Gasteiger partial charge in [-0.25, -0.2) is 38.8 Å². The van der Waals surface area contributed by atoms with Crippen LogP contribution in [0.1, 0.15) is 16.7 Å². The molecule has 3 aromatic carbocycles. The number of anilines is 3. The van der Waals surface area contributed by atoms with E-state index in [1.54, 1.807) is 125 Å². The molecule has 3 N–H and O–H groups in total. The number of hydrogen-bond acceptors (Lipinski definition) is 24. The van der Waals surface area contributed by atoms with Gasteiger partial charge in [-0.15, -0.1) is 30.7 Å². The summed E-state index contributed by atoms with van der Waals surface area (Å²) in [6, 6.07) is 34.1. The molecule has 0 aliphatic carbocycles. The molecule has 0 spiro atoms. The van der Waals surface area contributed by atoms with Crippen molar-refractivity contribution in [3.63, 3.8) is 0 Å². The van der Waals surface area contributed by atoms with Gasteiger partial charge in [-0.3, -0.25) is 16.3 Å². The number of furan rings is 3. The highest BCUT2D eigenvalue weighted by Gasteiger charge is 2.38. The largest absolute Gasteiger partial charge is 0.446 e. The van der Waals surface area contributed by atoms with Gasteiger partial charge in [0.1, 0.15) is 66.8 Å². The predicted octanol–water partition coefficient (Wildman–Crippen LogP) is 5.95. The number of hydrogen-bond donors (Lipinski definition) is 3. The fourth-order valence-corrected chi connectivity index (χ4v) is 8.34. The molecule has 74 heavy (non-hydrogen) atoms. The maximum absolute atomic E-state index is 14.0. The topological polar surface area (TPSA) is 216 Å². The standard InChI is InChI=1S/2C16H12FN7O.C16H13N7O/c17-12-5-3-11(4-6-12)8-22-10-19-23-9-18-15-14(16(22)23)20-24(21-15)13-2-1-7-25-13;17-12-5-2-1-4-11(12)8-22-10-19-23-9-18-15-14(16(22)23)20-24(21-15)13-6-3-7-25-13;1-2-5-12(6-3-1)9-21-11-18-22-10-17-15-14(16(21)22)19-23(20-15)13-7-4-8-24-13/h2*1-7,9-10,20H,8H2;1-8,10-11,19H,9H2. The highest BCUT2D eigenvalue weighted by molar-refractivity contribution is 6.09. The lowest BCUT2D eigenvalue weighted by molar-refractivity contribution is 0.413. The third kappa shape index (κ3) is 8.13. The van der Waals surface area contributed by atoms with E-state index in [1.165, 1.54) is 34.0 Å². The summed E-state index contributed by atoms with van der Waals surface area (Å²) in [5, 5.41) is 35.8. The van der Waals surface area contributed by atoms with E-state index in [0.29, 0.717) is 66.1 Å². The summed E-state index contributed by atoms with van der Waals surface area (Å²) in [6.07, 6.45) is 14.7. The lowest BCUT2D eigenvalue weighted by Gasteiger charge is -2.24. The van der Waals surface area contributed by atoms with Gasteiger partial charge in [-0.05, 0) is 47.5 Å². The Bertz CT molecular complexity index is 3490. The van der Waals surface area contributed by atoms with Crippen LogP contribution in [0.4, 0.5) is 26.4 Å². The molecule has 9 aliphatic rings. The number of hydrazone groups is 6. The van der Waals surface area contributed by atoms with Gasteiger partial charge in [-0.2, -0.15) is 15.3 Å². The molecule has 0 bridgehead atoms. The fraction of sp³-hybridized carbons (Fsp3) is 0.0625. The van der Waals surface area contributed by atoms with Crippen LogP contribution >= 0.6 is 0 Å². The number of amidine groups is 3. The molecule has 9 aliphatic heterocycles. The summed E-state index contributed by atoms with van der Waals surface area (Å²) in [7, 11) is 0. The summed E-state index contributed by atoms with van der Waals surface area (Å²) in [6.45, 7) is 1.60. The number of benzene rings is 3. The molecule has 12 heterocycles. The number of nitrogens with zero attached hydrogens (tertiary/aromatic N) is 18. The Morgan fingerprint density at radius 2 is 0.811 bits per heavy atom. The van der Waals surface area contributed by atoms with Gasteiger partial charge in [0.25, 0.3) is 0 Å². The number of fused-ring (bicyclic) bond motifs is 6. The van der Waals surface area contributed by atoms with E-state index in [2.05, 4.69) is 78.9 Å². The van der Waals surface area contributed by atoms with E-state index in [0.717, 1.165) is 34.4 Å². The van der Waals surface area contributed by atoms with Gasteiger partial charge >= 0.3 is 0 Å². The summed E-state index contributed by atoms with van der Waals surface area (Å²) < 4.78 is 43.2. The first-order valence-corrected chi connectivity index (χ1v) is 22.7. The molecular formula is C48H37F2N21O3. The first-order chi connectivity index (χ1) is 36.5. The Morgan fingerprint density at radius 3 is 1.23 bits per heavy atom.